The van der Waals surface area contributed by atoms with Crippen molar-refractivity contribution in [3.8, 4) is 5.75 Å². The summed E-state index contributed by atoms with van der Waals surface area (Å²) in [4.78, 5) is 9.40. The van der Waals surface area contributed by atoms with E-state index in [2.05, 4.69) is 56.7 Å². The summed E-state index contributed by atoms with van der Waals surface area (Å²) in [6.45, 7) is 6.37. The predicted molar refractivity (Wildman–Crippen MR) is 126 cm³/mol. The van der Waals surface area contributed by atoms with E-state index in [0.717, 1.165) is 62.4 Å². The van der Waals surface area contributed by atoms with Crippen LogP contribution in [0, 0.1) is 6.20 Å². The van der Waals surface area contributed by atoms with Gasteiger partial charge in [-0.05, 0) is 61.2 Å². The van der Waals surface area contributed by atoms with Crippen LogP contribution in [0.25, 0.3) is 21.0 Å². The van der Waals surface area contributed by atoms with Crippen molar-refractivity contribution in [1.29, 1.82) is 0 Å². The van der Waals surface area contributed by atoms with Gasteiger partial charge in [-0.25, -0.2) is 4.98 Å². The van der Waals surface area contributed by atoms with E-state index < -0.39 is 0 Å². The van der Waals surface area contributed by atoms with Gasteiger partial charge >= 0.3 is 0 Å². The smallest absolute Gasteiger partial charge is 0.121 e. The molecule has 1 saturated heterocycles. The van der Waals surface area contributed by atoms with Crippen molar-refractivity contribution < 1.29 is 4.74 Å². The van der Waals surface area contributed by atoms with Crippen LogP contribution in [0.3, 0.4) is 0 Å². The van der Waals surface area contributed by atoms with Crippen LogP contribution >= 0.6 is 11.3 Å². The van der Waals surface area contributed by atoms with E-state index in [0.29, 0.717) is 0 Å². The Balaban J connectivity index is 1.05. The second-order valence-corrected chi connectivity index (χ2v) is 8.74. The highest BCUT2D eigenvalue weighted by Gasteiger charge is 2.18. The molecule has 0 aliphatic carbocycles. The third-order valence-corrected chi connectivity index (χ3v) is 6.73. The lowest BCUT2D eigenvalue weighted by Gasteiger charge is -2.36. The average molecular weight is 417 g/mol. The fraction of sp³-hybridized carbons (Fsp3) is 0.320. The molecule has 0 amide bonds. The molecule has 3 heterocycles. The van der Waals surface area contributed by atoms with Gasteiger partial charge in [-0.1, -0.05) is 12.1 Å². The molecule has 0 atom stereocenters. The van der Waals surface area contributed by atoms with Crippen molar-refractivity contribution in [3.05, 3.63) is 66.2 Å². The van der Waals surface area contributed by atoms with Crippen LogP contribution in [0.2, 0.25) is 0 Å². The minimum atomic E-state index is 0.752. The van der Waals surface area contributed by atoms with Gasteiger partial charge in [0, 0.05) is 53.4 Å². The molecule has 4 aromatic rings. The number of piperazine rings is 1. The number of hydrogen-bond acceptors (Lipinski definition) is 5. The molecule has 1 aliphatic heterocycles. The quantitative estimate of drug-likeness (QED) is 0.386. The molecular weight excluding hydrogens is 390 g/mol. The van der Waals surface area contributed by atoms with Gasteiger partial charge in [0.15, 0.2) is 0 Å². The highest BCUT2D eigenvalue weighted by Crippen LogP contribution is 2.31. The molecule has 30 heavy (non-hydrogen) atoms. The molecule has 0 N–H and O–H groups in total. The monoisotopic (exact) mass is 416 g/mol. The van der Waals surface area contributed by atoms with Crippen LogP contribution in [0.5, 0.6) is 5.75 Å². The van der Waals surface area contributed by atoms with Crippen LogP contribution in [0.15, 0.2) is 60.0 Å². The molecule has 2 aromatic heterocycles. The van der Waals surface area contributed by atoms with Crippen LogP contribution in [0.4, 0.5) is 5.69 Å². The fourth-order valence-electron chi connectivity index (χ4n) is 4.18. The summed E-state index contributed by atoms with van der Waals surface area (Å²) in [5, 5.41) is 4.71. The second kappa shape index (κ2) is 9.02. The number of aromatic nitrogens is 1. The Hall–Kier alpha value is -2.63. The Morgan fingerprint density at radius 1 is 1.00 bits per heavy atom. The Labute approximate surface area is 181 Å². The number of anilines is 1. The topological polar surface area (TPSA) is 28.6 Å². The summed E-state index contributed by atoms with van der Waals surface area (Å²) >= 11 is 1.83. The highest BCUT2D eigenvalue weighted by atomic mass is 32.1. The van der Waals surface area contributed by atoms with E-state index in [1.807, 2.05) is 35.6 Å². The third kappa shape index (κ3) is 4.27. The lowest BCUT2D eigenvalue weighted by atomic mass is 10.2. The molecular formula is C25H26N3OS. The van der Waals surface area contributed by atoms with Crippen LogP contribution < -0.4 is 9.64 Å². The van der Waals surface area contributed by atoms with E-state index >= 15 is 0 Å². The number of thiophene rings is 1. The average Bonchev–Trinajstić information content (AvgIpc) is 3.28. The molecule has 0 unspecified atom stereocenters. The zero-order chi connectivity index (χ0) is 20.2. The Kier molecular flexibility index (Phi) is 5.82. The molecule has 2 aromatic carbocycles. The largest absolute Gasteiger partial charge is 0.494 e. The number of pyridine rings is 1. The van der Waals surface area contributed by atoms with E-state index in [1.165, 1.54) is 22.2 Å². The molecule has 1 aliphatic rings. The third-order valence-electron chi connectivity index (χ3n) is 5.85. The minimum Gasteiger partial charge on any atom is -0.494 e. The van der Waals surface area contributed by atoms with E-state index in [1.54, 1.807) is 0 Å². The molecule has 1 radical (unpaired) electrons. The summed E-state index contributed by atoms with van der Waals surface area (Å²) < 4.78 is 7.32. The van der Waals surface area contributed by atoms with E-state index in [-0.39, 0.29) is 0 Å². The first-order valence-corrected chi connectivity index (χ1v) is 11.6. The molecule has 5 rings (SSSR count). The van der Waals surface area contributed by atoms with Crippen molar-refractivity contribution in [2.24, 2.45) is 0 Å². The van der Waals surface area contributed by atoms with Crippen molar-refractivity contribution >= 4 is 38.0 Å². The van der Waals surface area contributed by atoms with Gasteiger partial charge in [-0.3, -0.25) is 4.90 Å². The highest BCUT2D eigenvalue weighted by molar-refractivity contribution is 7.17. The molecule has 0 saturated carbocycles. The van der Waals surface area contributed by atoms with Crippen LogP contribution in [0.1, 0.15) is 12.8 Å². The van der Waals surface area contributed by atoms with Gasteiger partial charge in [-0.15, -0.1) is 11.3 Å². The van der Waals surface area contributed by atoms with Gasteiger partial charge in [0.25, 0.3) is 0 Å². The van der Waals surface area contributed by atoms with E-state index in [4.69, 9.17) is 4.74 Å². The van der Waals surface area contributed by atoms with Gasteiger partial charge in [0.2, 0.25) is 0 Å². The Morgan fingerprint density at radius 3 is 2.87 bits per heavy atom. The number of unbranched alkanes of at least 4 members (excludes halogenated alkanes) is 1. The van der Waals surface area contributed by atoms with E-state index in [9.17, 15) is 0 Å². The number of hydrogen-bond donors (Lipinski definition) is 0. The van der Waals surface area contributed by atoms with Gasteiger partial charge in [0.05, 0.1) is 18.3 Å². The number of nitrogens with zero attached hydrogens (tertiary/aromatic N) is 3. The van der Waals surface area contributed by atoms with Crippen LogP contribution in [-0.2, 0) is 0 Å². The zero-order valence-electron chi connectivity index (χ0n) is 17.1. The van der Waals surface area contributed by atoms with Crippen molar-refractivity contribution in [1.82, 2.24) is 9.88 Å². The first-order chi connectivity index (χ1) is 14.9. The number of fused-ring (bicyclic) bond motifs is 2. The van der Waals surface area contributed by atoms with Gasteiger partial charge in [-0.2, -0.15) is 0 Å². The zero-order valence-corrected chi connectivity index (χ0v) is 17.9. The predicted octanol–water partition coefficient (Wildman–Crippen LogP) is 5.23. The van der Waals surface area contributed by atoms with Gasteiger partial charge in [0.1, 0.15) is 5.75 Å². The first-order valence-electron chi connectivity index (χ1n) is 10.7. The molecule has 4 nitrogen and oxygen atoms in total. The first kappa shape index (κ1) is 19.3. The summed E-state index contributed by atoms with van der Waals surface area (Å²) in [7, 11) is 0. The van der Waals surface area contributed by atoms with Crippen molar-refractivity contribution in [3.63, 3.8) is 0 Å². The normalized spacial score (nSPS) is 15.1. The van der Waals surface area contributed by atoms with Crippen LogP contribution in [-0.4, -0.2) is 49.2 Å². The molecule has 0 bridgehead atoms. The molecule has 153 valence electrons. The maximum atomic E-state index is 5.93. The SMILES string of the molecule is [c]1ccc2ccc(OCCCCN3CCN(c4cccc5sccc45)CC3)cc2n1. The lowest BCUT2D eigenvalue weighted by molar-refractivity contribution is 0.239. The summed E-state index contributed by atoms with van der Waals surface area (Å²) in [5.74, 6) is 0.894. The van der Waals surface area contributed by atoms with Crippen molar-refractivity contribution in [2.45, 2.75) is 12.8 Å². The molecule has 0 spiro atoms. The summed E-state index contributed by atoms with van der Waals surface area (Å²) in [6.07, 6.45) is 5.12. The minimum absolute atomic E-state index is 0.752. The summed E-state index contributed by atoms with van der Waals surface area (Å²) in [6, 6.07) is 18.9. The standard InChI is InChI=1S/C25H26N3OS/c1(2-17-29-21-9-8-20-5-4-11-26-23(20)19-21)12-27-13-15-28(16-14-27)24-6-3-7-25-22(24)10-18-30-25/h3-10,18-19H,1-2,12-17H2. The number of benzene rings is 2. The number of ether oxygens (including phenoxy) is 1. The maximum Gasteiger partial charge on any atom is 0.121 e. The van der Waals surface area contributed by atoms with Crippen molar-refractivity contribution in [2.75, 3.05) is 44.2 Å². The second-order valence-electron chi connectivity index (χ2n) is 7.79. The number of rotatable bonds is 7. The van der Waals surface area contributed by atoms with Gasteiger partial charge < -0.3 is 9.64 Å². The molecule has 1 fully saturated rings. The summed E-state index contributed by atoms with van der Waals surface area (Å²) in [5.41, 5.74) is 2.33. The lowest BCUT2D eigenvalue weighted by Crippen LogP contribution is -2.46. The molecule has 5 heteroatoms. The Bertz CT molecular complexity index is 1120. The Morgan fingerprint density at radius 2 is 1.93 bits per heavy atom. The maximum absolute atomic E-state index is 5.93. The fourth-order valence-corrected chi connectivity index (χ4v) is 4.99.